The van der Waals surface area contributed by atoms with Gasteiger partial charge in [0.2, 0.25) is 0 Å². The molecule has 1 heterocycles. The van der Waals surface area contributed by atoms with Gasteiger partial charge in [0.1, 0.15) is 18.4 Å². The number of rotatable bonds is 3. The second kappa shape index (κ2) is 3.73. The number of hydrogen-bond acceptors (Lipinski definition) is 5. The minimum absolute atomic E-state index is 0.0667. The summed E-state index contributed by atoms with van der Waals surface area (Å²) >= 11 is 0. The van der Waals surface area contributed by atoms with Gasteiger partial charge in [-0.2, -0.15) is 5.10 Å². The van der Waals surface area contributed by atoms with Crippen LogP contribution in [-0.4, -0.2) is 25.7 Å². The fraction of sp³-hybridized carbons (Fsp3) is 0.333. The number of nitro groups is 1. The van der Waals surface area contributed by atoms with E-state index < -0.39 is 11.0 Å². The van der Waals surface area contributed by atoms with Crippen LogP contribution < -0.4 is 5.73 Å². The van der Waals surface area contributed by atoms with Crippen LogP contribution in [-0.2, 0) is 0 Å². The molecule has 3 N–H and O–H groups in total. The van der Waals surface area contributed by atoms with Gasteiger partial charge in [-0.3, -0.25) is 14.8 Å². The molecule has 0 fully saturated rings. The first kappa shape index (κ1) is 9.96. The fourth-order valence-electron chi connectivity index (χ4n) is 0.853. The average molecular weight is 199 g/mol. The molecule has 14 heavy (non-hydrogen) atoms. The molecule has 76 valence electrons. The normalized spacial score (nSPS) is 13.9. The third kappa shape index (κ3) is 1.79. The Morgan fingerprint density at radius 2 is 2.57 bits per heavy atom. The summed E-state index contributed by atoms with van der Waals surface area (Å²) in [5.41, 5.74) is 5.17. The summed E-state index contributed by atoms with van der Waals surface area (Å²) in [6, 6.07) is -0.520. The molecule has 0 bridgehead atoms. The molecule has 0 aliphatic heterocycles. The predicted octanol–water partition coefficient (Wildman–Crippen LogP) is 0.0987. The van der Waals surface area contributed by atoms with Crippen molar-refractivity contribution in [3.05, 3.63) is 22.5 Å². The highest BCUT2D eigenvalue weighted by Gasteiger charge is 2.15. The Morgan fingerprint density at radius 3 is 3.00 bits per heavy atom. The van der Waals surface area contributed by atoms with E-state index in [0.29, 0.717) is 0 Å². The zero-order valence-electron chi connectivity index (χ0n) is 7.36. The topological polar surface area (TPSA) is 120 Å². The second-order valence-corrected chi connectivity index (χ2v) is 2.64. The smallest absolute Gasteiger partial charge is 0.307 e. The number of hydrogen-bond donors (Lipinski definition) is 2. The van der Waals surface area contributed by atoms with Crippen LogP contribution in [0.5, 0.6) is 0 Å². The Hall–Kier alpha value is -2.12. The van der Waals surface area contributed by atoms with Gasteiger partial charge < -0.3 is 10.9 Å². The number of oxime groups is 1. The molecule has 0 aliphatic carbocycles. The molecule has 1 atom stereocenters. The van der Waals surface area contributed by atoms with E-state index in [2.05, 4.69) is 10.3 Å². The Labute approximate surface area is 78.8 Å². The molecule has 0 aromatic carbocycles. The lowest BCUT2D eigenvalue weighted by atomic mass is 10.3. The van der Waals surface area contributed by atoms with Crippen molar-refractivity contribution in [2.75, 3.05) is 0 Å². The molecule has 1 rings (SSSR count). The lowest BCUT2D eigenvalue weighted by Gasteiger charge is -2.08. The van der Waals surface area contributed by atoms with Crippen molar-refractivity contribution < 1.29 is 10.1 Å². The molecule has 0 saturated heterocycles. The van der Waals surface area contributed by atoms with Crippen molar-refractivity contribution in [2.24, 2.45) is 10.9 Å². The largest absolute Gasteiger partial charge is 0.409 e. The van der Waals surface area contributed by atoms with Gasteiger partial charge in [-0.05, 0) is 6.92 Å². The van der Waals surface area contributed by atoms with Crippen LogP contribution >= 0.6 is 0 Å². The minimum atomic E-state index is -0.567. The molecular formula is C6H9N5O3. The maximum atomic E-state index is 10.3. The molecular weight excluding hydrogens is 190 g/mol. The summed E-state index contributed by atoms with van der Waals surface area (Å²) in [7, 11) is 0. The van der Waals surface area contributed by atoms with Gasteiger partial charge in [-0.15, -0.1) is 0 Å². The Morgan fingerprint density at radius 1 is 1.93 bits per heavy atom. The predicted molar refractivity (Wildman–Crippen MR) is 47.0 cm³/mol. The van der Waals surface area contributed by atoms with E-state index in [-0.39, 0.29) is 11.5 Å². The highest BCUT2D eigenvalue weighted by Crippen LogP contribution is 2.12. The van der Waals surface area contributed by atoms with E-state index in [1.54, 1.807) is 6.92 Å². The quantitative estimate of drug-likeness (QED) is 0.235. The highest BCUT2D eigenvalue weighted by molar-refractivity contribution is 5.83. The minimum Gasteiger partial charge on any atom is -0.409 e. The summed E-state index contributed by atoms with van der Waals surface area (Å²) < 4.78 is 1.24. The van der Waals surface area contributed by atoms with Crippen LogP contribution in [0.1, 0.15) is 13.0 Å². The van der Waals surface area contributed by atoms with E-state index in [1.807, 2.05) is 0 Å². The summed E-state index contributed by atoms with van der Waals surface area (Å²) in [5, 5.41) is 25.2. The summed E-state index contributed by atoms with van der Waals surface area (Å²) in [5.74, 6) is -0.0667. The first-order valence-electron chi connectivity index (χ1n) is 3.72. The molecule has 8 heteroatoms. The Bertz CT molecular complexity index is 371. The molecule has 0 saturated carbocycles. The van der Waals surface area contributed by atoms with Gasteiger partial charge in [0.05, 0.1) is 4.92 Å². The van der Waals surface area contributed by atoms with Crippen molar-refractivity contribution in [3.63, 3.8) is 0 Å². The first-order valence-corrected chi connectivity index (χ1v) is 3.72. The molecule has 1 aromatic heterocycles. The van der Waals surface area contributed by atoms with Crippen LogP contribution in [0.15, 0.2) is 17.5 Å². The van der Waals surface area contributed by atoms with E-state index >= 15 is 0 Å². The molecule has 8 nitrogen and oxygen atoms in total. The van der Waals surface area contributed by atoms with E-state index in [9.17, 15) is 10.1 Å². The van der Waals surface area contributed by atoms with Crippen LogP contribution in [0, 0.1) is 10.1 Å². The highest BCUT2D eigenvalue weighted by atomic mass is 16.6. The van der Waals surface area contributed by atoms with Crippen molar-refractivity contribution in [2.45, 2.75) is 13.0 Å². The van der Waals surface area contributed by atoms with Crippen molar-refractivity contribution in [3.8, 4) is 0 Å². The lowest BCUT2D eigenvalue weighted by molar-refractivity contribution is -0.385. The number of nitrogens with zero attached hydrogens (tertiary/aromatic N) is 4. The molecule has 0 radical (unpaired) electrons. The van der Waals surface area contributed by atoms with Crippen LogP contribution in [0.2, 0.25) is 0 Å². The third-order valence-electron chi connectivity index (χ3n) is 1.74. The van der Waals surface area contributed by atoms with Crippen LogP contribution in [0.4, 0.5) is 5.69 Å². The van der Waals surface area contributed by atoms with Crippen molar-refractivity contribution >= 4 is 11.5 Å². The third-order valence-corrected chi connectivity index (χ3v) is 1.74. The van der Waals surface area contributed by atoms with Gasteiger partial charge in [-0.25, -0.2) is 0 Å². The Kier molecular flexibility index (Phi) is 2.65. The van der Waals surface area contributed by atoms with Gasteiger partial charge in [0, 0.05) is 0 Å². The summed E-state index contributed by atoms with van der Waals surface area (Å²) in [6.45, 7) is 1.60. The van der Waals surface area contributed by atoms with E-state index in [4.69, 9.17) is 10.9 Å². The lowest BCUT2D eigenvalue weighted by Crippen LogP contribution is -2.24. The first-order chi connectivity index (χ1) is 6.56. The standard InChI is InChI=1S/C6H9N5O3/c1-4(6(7)9-12)10-3-5(2-8-10)11(13)14/h2-4,12H,1H3,(H2,7,9). The number of nitrogens with two attached hydrogens (primary N) is 1. The fourth-order valence-corrected chi connectivity index (χ4v) is 0.853. The monoisotopic (exact) mass is 199 g/mol. The Balaban J connectivity index is 2.92. The summed E-state index contributed by atoms with van der Waals surface area (Å²) in [4.78, 5) is 9.75. The number of amidine groups is 1. The summed E-state index contributed by atoms with van der Waals surface area (Å²) in [6.07, 6.45) is 2.31. The maximum Gasteiger partial charge on any atom is 0.307 e. The van der Waals surface area contributed by atoms with Gasteiger partial charge in [-0.1, -0.05) is 5.16 Å². The van der Waals surface area contributed by atoms with Crippen molar-refractivity contribution in [1.82, 2.24) is 9.78 Å². The van der Waals surface area contributed by atoms with Crippen molar-refractivity contribution in [1.29, 1.82) is 0 Å². The average Bonchev–Trinajstić information content (AvgIpc) is 2.64. The van der Waals surface area contributed by atoms with Crippen LogP contribution in [0.3, 0.4) is 0 Å². The maximum absolute atomic E-state index is 10.3. The van der Waals surface area contributed by atoms with Gasteiger partial charge in [0.25, 0.3) is 0 Å². The second-order valence-electron chi connectivity index (χ2n) is 2.64. The SMILES string of the molecule is CC(/C(N)=N/O)n1cc([N+](=O)[O-])cn1. The van der Waals surface area contributed by atoms with Gasteiger partial charge >= 0.3 is 5.69 Å². The number of aromatic nitrogens is 2. The molecule has 1 unspecified atom stereocenters. The van der Waals surface area contributed by atoms with Gasteiger partial charge in [0.15, 0.2) is 5.84 Å². The zero-order valence-corrected chi connectivity index (χ0v) is 7.36. The zero-order chi connectivity index (χ0) is 10.7. The molecule has 0 spiro atoms. The van der Waals surface area contributed by atoms with E-state index in [1.165, 1.54) is 10.9 Å². The molecule has 1 aromatic rings. The molecule has 0 aliphatic rings. The van der Waals surface area contributed by atoms with Crippen LogP contribution in [0.25, 0.3) is 0 Å². The van der Waals surface area contributed by atoms with E-state index in [0.717, 1.165) is 6.20 Å². The molecule has 0 amide bonds.